The van der Waals surface area contributed by atoms with Gasteiger partial charge < -0.3 is 10.1 Å². The van der Waals surface area contributed by atoms with Crippen LogP contribution in [0.25, 0.3) is 0 Å². The number of nitrogens with one attached hydrogen (secondary N) is 1. The van der Waals surface area contributed by atoms with E-state index < -0.39 is 5.72 Å². The number of hydrogen-bond donors (Lipinski definition) is 1. The Labute approximate surface area is 117 Å². The number of nitrogens with zero attached hydrogens (tertiary/aromatic N) is 1. The zero-order valence-electron chi connectivity index (χ0n) is 11.1. The minimum absolute atomic E-state index is 0.0203. The van der Waals surface area contributed by atoms with Gasteiger partial charge in [0.15, 0.2) is 5.72 Å². The molecule has 1 fully saturated rings. The zero-order valence-corrected chi connectivity index (χ0v) is 11.8. The maximum absolute atomic E-state index is 12.2. The lowest BCUT2D eigenvalue weighted by molar-refractivity contribution is -0.0835. The minimum atomic E-state index is -0.610. The van der Waals surface area contributed by atoms with Crippen LogP contribution < -0.4 is 10.1 Å². The Morgan fingerprint density at radius 3 is 3.11 bits per heavy atom. The summed E-state index contributed by atoms with van der Waals surface area (Å²) in [6.07, 6.45) is 1.64. The predicted octanol–water partition coefficient (Wildman–Crippen LogP) is 3.32. The first kappa shape index (κ1) is 12.6. The molecule has 2 unspecified atom stereocenters. The number of amides is 2. The summed E-state index contributed by atoms with van der Waals surface area (Å²) in [5, 5.41) is 3.64. The second kappa shape index (κ2) is 4.30. The van der Waals surface area contributed by atoms with Crippen LogP contribution in [0.4, 0.5) is 4.79 Å². The fraction of sp³-hybridized carbons (Fsp3) is 0.500. The fourth-order valence-electron chi connectivity index (χ4n) is 2.96. The number of ether oxygens (including phenoxy) is 1. The second-order valence-corrected chi connectivity index (χ2v) is 5.70. The van der Waals surface area contributed by atoms with Crippen molar-refractivity contribution in [2.75, 3.05) is 6.54 Å². The number of urea groups is 1. The molecule has 2 heterocycles. The molecular formula is C14H17ClN2O2. The highest BCUT2D eigenvalue weighted by molar-refractivity contribution is 6.32. The summed E-state index contributed by atoms with van der Waals surface area (Å²) in [6, 6.07) is 5.58. The van der Waals surface area contributed by atoms with Crippen LogP contribution in [0.1, 0.15) is 38.3 Å². The third-order valence-corrected chi connectivity index (χ3v) is 4.14. The lowest BCUT2D eigenvalue weighted by atomic mass is 9.90. The van der Waals surface area contributed by atoms with E-state index in [9.17, 15) is 4.79 Å². The largest absolute Gasteiger partial charge is 0.466 e. The van der Waals surface area contributed by atoms with Crippen LogP contribution in [0.5, 0.6) is 5.75 Å². The molecule has 4 nitrogen and oxygen atoms in total. The highest BCUT2D eigenvalue weighted by atomic mass is 35.5. The van der Waals surface area contributed by atoms with Gasteiger partial charge in [-0.05, 0) is 19.4 Å². The van der Waals surface area contributed by atoms with Crippen molar-refractivity contribution in [3.8, 4) is 5.75 Å². The van der Waals surface area contributed by atoms with Gasteiger partial charge in [0.25, 0.3) is 0 Å². The third kappa shape index (κ3) is 1.86. The molecule has 2 aliphatic rings. The molecule has 0 aromatic heterocycles. The summed E-state index contributed by atoms with van der Waals surface area (Å²) >= 11 is 6.22. The zero-order chi connectivity index (χ0) is 13.6. The highest BCUT2D eigenvalue weighted by Crippen LogP contribution is 2.46. The van der Waals surface area contributed by atoms with E-state index in [1.54, 1.807) is 4.90 Å². The topological polar surface area (TPSA) is 41.6 Å². The SMILES string of the molecule is CCCN1C(=O)NC2CC1(C)Oc1c(Cl)cccc12. The van der Waals surface area contributed by atoms with E-state index in [1.165, 1.54) is 0 Å². The second-order valence-electron chi connectivity index (χ2n) is 5.29. The quantitative estimate of drug-likeness (QED) is 0.903. The Morgan fingerprint density at radius 1 is 1.58 bits per heavy atom. The molecule has 19 heavy (non-hydrogen) atoms. The van der Waals surface area contributed by atoms with Crippen molar-refractivity contribution in [1.29, 1.82) is 0 Å². The van der Waals surface area contributed by atoms with E-state index in [2.05, 4.69) is 5.32 Å². The molecular weight excluding hydrogens is 264 g/mol. The Kier molecular flexibility index (Phi) is 2.86. The van der Waals surface area contributed by atoms with Crippen molar-refractivity contribution in [2.45, 2.75) is 38.5 Å². The average Bonchev–Trinajstić information content (AvgIpc) is 2.36. The van der Waals surface area contributed by atoms with Crippen LogP contribution in [0.15, 0.2) is 18.2 Å². The van der Waals surface area contributed by atoms with Crippen molar-refractivity contribution in [2.24, 2.45) is 0 Å². The van der Waals surface area contributed by atoms with Gasteiger partial charge in [-0.15, -0.1) is 0 Å². The summed E-state index contributed by atoms with van der Waals surface area (Å²) < 4.78 is 6.09. The van der Waals surface area contributed by atoms with Crippen LogP contribution >= 0.6 is 11.6 Å². The van der Waals surface area contributed by atoms with Crippen LogP contribution in [0.3, 0.4) is 0 Å². The van der Waals surface area contributed by atoms with Gasteiger partial charge >= 0.3 is 6.03 Å². The monoisotopic (exact) mass is 280 g/mol. The van der Waals surface area contributed by atoms with Gasteiger partial charge in [0, 0.05) is 18.5 Å². The van der Waals surface area contributed by atoms with Gasteiger partial charge in [-0.2, -0.15) is 0 Å². The average molecular weight is 281 g/mol. The summed E-state index contributed by atoms with van der Waals surface area (Å²) in [5.41, 5.74) is 0.357. The maximum Gasteiger partial charge on any atom is 0.320 e. The predicted molar refractivity (Wildman–Crippen MR) is 73.4 cm³/mol. The molecule has 1 aromatic rings. The first-order chi connectivity index (χ1) is 9.05. The van der Waals surface area contributed by atoms with Gasteiger partial charge in [0.1, 0.15) is 5.75 Å². The molecule has 0 spiro atoms. The number of benzene rings is 1. The molecule has 102 valence electrons. The van der Waals surface area contributed by atoms with E-state index in [4.69, 9.17) is 16.3 Å². The lowest BCUT2D eigenvalue weighted by Crippen LogP contribution is -2.64. The number of para-hydroxylation sites is 1. The molecule has 0 saturated carbocycles. The van der Waals surface area contributed by atoms with E-state index in [-0.39, 0.29) is 12.1 Å². The molecule has 0 aliphatic carbocycles. The van der Waals surface area contributed by atoms with E-state index in [0.29, 0.717) is 17.3 Å². The first-order valence-electron chi connectivity index (χ1n) is 6.61. The Hall–Kier alpha value is -1.42. The molecule has 1 saturated heterocycles. The van der Waals surface area contributed by atoms with Gasteiger partial charge in [-0.25, -0.2) is 4.79 Å². The lowest BCUT2D eigenvalue weighted by Gasteiger charge is -2.50. The van der Waals surface area contributed by atoms with Gasteiger partial charge in [-0.3, -0.25) is 4.90 Å². The van der Waals surface area contributed by atoms with Gasteiger partial charge in [-0.1, -0.05) is 30.7 Å². The summed E-state index contributed by atoms with van der Waals surface area (Å²) in [4.78, 5) is 14.0. The molecule has 0 radical (unpaired) electrons. The Morgan fingerprint density at radius 2 is 2.37 bits per heavy atom. The number of hydrogen-bond acceptors (Lipinski definition) is 2. The first-order valence-corrected chi connectivity index (χ1v) is 6.98. The molecule has 2 atom stereocenters. The number of carbonyl (C=O) groups is 1. The number of fused-ring (bicyclic) bond motifs is 4. The van der Waals surface area contributed by atoms with E-state index >= 15 is 0 Å². The van der Waals surface area contributed by atoms with Crippen molar-refractivity contribution in [1.82, 2.24) is 10.2 Å². The van der Waals surface area contributed by atoms with Crippen molar-refractivity contribution < 1.29 is 9.53 Å². The minimum Gasteiger partial charge on any atom is -0.466 e. The molecule has 2 amide bonds. The highest BCUT2D eigenvalue weighted by Gasteiger charge is 2.49. The summed E-state index contributed by atoms with van der Waals surface area (Å²) in [5.74, 6) is 0.698. The van der Waals surface area contributed by atoms with E-state index in [1.807, 2.05) is 32.0 Å². The van der Waals surface area contributed by atoms with Crippen LogP contribution in [-0.2, 0) is 0 Å². The molecule has 5 heteroatoms. The standard InChI is InChI=1S/C14H17ClN2O2/c1-3-7-17-13(18)16-11-8-14(17,2)19-12-9(11)5-4-6-10(12)15/h4-6,11H,3,7-8H2,1-2H3,(H,16,18). The van der Waals surface area contributed by atoms with Crippen molar-refractivity contribution in [3.63, 3.8) is 0 Å². The summed E-state index contributed by atoms with van der Waals surface area (Å²) in [6.45, 7) is 4.68. The Bertz CT molecular complexity index is 534. The number of carbonyl (C=O) groups excluding carboxylic acids is 1. The van der Waals surface area contributed by atoms with Gasteiger partial charge in [0.05, 0.1) is 11.1 Å². The van der Waals surface area contributed by atoms with Crippen molar-refractivity contribution in [3.05, 3.63) is 28.8 Å². The molecule has 2 bridgehead atoms. The van der Waals surface area contributed by atoms with Crippen LogP contribution in [-0.4, -0.2) is 23.2 Å². The Balaban J connectivity index is 2.06. The summed E-state index contributed by atoms with van der Waals surface area (Å²) in [7, 11) is 0. The molecule has 2 aliphatic heterocycles. The van der Waals surface area contributed by atoms with E-state index in [0.717, 1.165) is 18.4 Å². The molecule has 3 rings (SSSR count). The van der Waals surface area contributed by atoms with Crippen LogP contribution in [0.2, 0.25) is 5.02 Å². The number of rotatable bonds is 2. The smallest absolute Gasteiger partial charge is 0.320 e. The molecule has 1 N–H and O–H groups in total. The number of halogens is 1. The maximum atomic E-state index is 12.2. The van der Waals surface area contributed by atoms with Crippen molar-refractivity contribution >= 4 is 17.6 Å². The molecule has 1 aromatic carbocycles. The normalized spacial score (nSPS) is 28.5. The van der Waals surface area contributed by atoms with Gasteiger partial charge in [0.2, 0.25) is 0 Å². The third-order valence-electron chi connectivity index (χ3n) is 3.84. The fourth-order valence-corrected chi connectivity index (χ4v) is 3.18. The van der Waals surface area contributed by atoms with Crippen LogP contribution in [0, 0.1) is 0 Å².